The predicted molar refractivity (Wildman–Crippen MR) is 104 cm³/mol. The fourth-order valence-electron chi connectivity index (χ4n) is 2.32. The van der Waals surface area contributed by atoms with Gasteiger partial charge >= 0.3 is 5.97 Å². The number of oxime groups is 1. The van der Waals surface area contributed by atoms with Gasteiger partial charge in [-0.2, -0.15) is 0 Å². The second kappa shape index (κ2) is 8.70. The van der Waals surface area contributed by atoms with Crippen LogP contribution in [0.15, 0.2) is 66.3 Å². The van der Waals surface area contributed by atoms with Gasteiger partial charge in [-0.25, -0.2) is 9.78 Å². The maximum absolute atomic E-state index is 12.3. The molecule has 0 saturated heterocycles. The zero-order valence-electron chi connectivity index (χ0n) is 14.3. The number of nitrogens with zero attached hydrogens (tertiary/aromatic N) is 3. The van der Waals surface area contributed by atoms with E-state index in [2.05, 4.69) is 10.1 Å². The van der Waals surface area contributed by atoms with Crippen molar-refractivity contribution in [1.82, 2.24) is 9.55 Å². The minimum Gasteiger partial charge on any atom is -0.497 e. The second-order valence-electron chi connectivity index (χ2n) is 5.50. The van der Waals surface area contributed by atoms with Crippen LogP contribution in [0.3, 0.4) is 0 Å². The third kappa shape index (κ3) is 4.87. The van der Waals surface area contributed by atoms with Gasteiger partial charge in [0.05, 0.1) is 30.6 Å². The number of ether oxygens (including phenoxy) is 1. The molecule has 3 rings (SSSR count). The van der Waals surface area contributed by atoms with Crippen LogP contribution in [0.2, 0.25) is 10.0 Å². The maximum atomic E-state index is 12.3. The van der Waals surface area contributed by atoms with E-state index in [4.69, 9.17) is 32.8 Å². The van der Waals surface area contributed by atoms with Crippen LogP contribution in [0.25, 0.3) is 0 Å². The summed E-state index contributed by atoms with van der Waals surface area (Å²) in [6, 6.07) is 11.6. The van der Waals surface area contributed by atoms with Crippen molar-refractivity contribution in [1.29, 1.82) is 0 Å². The van der Waals surface area contributed by atoms with Crippen LogP contribution in [-0.4, -0.2) is 28.3 Å². The zero-order valence-corrected chi connectivity index (χ0v) is 15.8. The van der Waals surface area contributed by atoms with Crippen molar-refractivity contribution in [2.24, 2.45) is 5.16 Å². The number of carbonyl (C=O) groups is 1. The van der Waals surface area contributed by atoms with Crippen molar-refractivity contribution in [2.75, 3.05) is 7.11 Å². The van der Waals surface area contributed by atoms with Crippen molar-refractivity contribution < 1.29 is 14.4 Å². The van der Waals surface area contributed by atoms with Crippen molar-refractivity contribution in [3.63, 3.8) is 0 Å². The van der Waals surface area contributed by atoms with Crippen LogP contribution < -0.4 is 4.74 Å². The first-order valence-electron chi connectivity index (χ1n) is 7.90. The van der Waals surface area contributed by atoms with Crippen molar-refractivity contribution >= 4 is 34.9 Å². The molecule has 27 heavy (non-hydrogen) atoms. The average molecular weight is 404 g/mol. The third-order valence-electron chi connectivity index (χ3n) is 3.70. The third-order valence-corrected chi connectivity index (χ3v) is 4.25. The summed E-state index contributed by atoms with van der Waals surface area (Å²) in [7, 11) is 1.55. The maximum Gasteiger partial charge on any atom is 0.365 e. The van der Waals surface area contributed by atoms with Gasteiger partial charge in [0.25, 0.3) is 0 Å². The highest BCUT2D eigenvalue weighted by atomic mass is 35.5. The summed E-state index contributed by atoms with van der Waals surface area (Å²) in [4.78, 5) is 21.4. The number of rotatable bonds is 6. The molecule has 8 heteroatoms. The number of hydrogen-bond acceptors (Lipinski definition) is 5. The molecular formula is C19H15Cl2N3O3. The molecule has 0 saturated carbocycles. The smallest absolute Gasteiger partial charge is 0.365 e. The first-order valence-corrected chi connectivity index (χ1v) is 8.66. The molecule has 138 valence electrons. The van der Waals surface area contributed by atoms with E-state index in [1.807, 2.05) is 0 Å². The Bertz CT molecular complexity index is 955. The fraction of sp³-hybridized carbons (Fsp3) is 0.105. The van der Waals surface area contributed by atoms with Crippen LogP contribution in [-0.2, 0) is 11.4 Å². The van der Waals surface area contributed by atoms with Gasteiger partial charge in [-0.05, 0) is 42.5 Å². The molecule has 0 unspecified atom stereocenters. The summed E-state index contributed by atoms with van der Waals surface area (Å²) in [5, 5.41) is 4.94. The molecule has 0 radical (unpaired) electrons. The summed E-state index contributed by atoms with van der Waals surface area (Å²) >= 11 is 12.2. The molecular weight excluding hydrogens is 389 g/mol. The lowest BCUT2D eigenvalue weighted by Gasteiger charge is -2.09. The molecule has 0 N–H and O–H groups in total. The Hall–Kier alpha value is -2.83. The van der Waals surface area contributed by atoms with Crippen LogP contribution in [0, 0.1) is 0 Å². The quantitative estimate of drug-likeness (QED) is 0.346. The van der Waals surface area contributed by atoms with Crippen molar-refractivity contribution in [3.05, 3.63) is 82.4 Å². The Morgan fingerprint density at radius 3 is 2.59 bits per heavy atom. The Morgan fingerprint density at radius 2 is 1.96 bits per heavy atom. The van der Waals surface area contributed by atoms with Crippen LogP contribution in [0.4, 0.5) is 0 Å². The van der Waals surface area contributed by atoms with Gasteiger partial charge in [-0.15, -0.1) is 0 Å². The van der Waals surface area contributed by atoms with Crippen LogP contribution in [0.5, 0.6) is 5.75 Å². The highest BCUT2D eigenvalue weighted by Gasteiger charge is 2.13. The minimum absolute atomic E-state index is 0.317. The first kappa shape index (κ1) is 18.9. The van der Waals surface area contributed by atoms with E-state index in [-0.39, 0.29) is 0 Å². The lowest BCUT2D eigenvalue weighted by Crippen LogP contribution is -2.13. The Kier molecular flexibility index (Phi) is 6.11. The molecule has 0 fully saturated rings. The topological polar surface area (TPSA) is 65.7 Å². The van der Waals surface area contributed by atoms with E-state index in [0.29, 0.717) is 39.2 Å². The van der Waals surface area contributed by atoms with Crippen molar-refractivity contribution in [3.8, 4) is 5.75 Å². The Labute approximate surface area is 165 Å². The molecule has 0 atom stereocenters. The molecule has 1 heterocycles. The summed E-state index contributed by atoms with van der Waals surface area (Å²) < 4.78 is 6.86. The highest BCUT2D eigenvalue weighted by Crippen LogP contribution is 2.22. The summed E-state index contributed by atoms with van der Waals surface area (Å²) in [5.41, 5.74) is 1.41. The summed E-state index contributed by atoms with van der Waals surface area (Å²) in [6.07, 6.45) is 5.04. The van der Waals surface area contributed by atoms with Crippen molar-refractivity contribution in [2.45, 2.75) is 6.54 Å². The molecule has 2 aromatic carbocycles. The monoisotopic (exact) mass is 403 g/mol. The van der Waals surface area contributed by atoms with E-state index < -0.39 is 5.97 Å². The van der Waals surface area contributed by atoms with E-state index in [1.54, 1.807) is 72.9 Å². The molecule has 0 aliphatic rings. The molecule has 0 amide bonds. The van der Waals surface area contributed by atoms with Gasteiger partial charge in [-0.3, -0.25) is 0 Å². The number of benzene rings is 2. The lowest BCUT2D eigenvalue weighted by atomic mass is 10.1. The lowest BCUT2D eigenvalue weighted by molar-refractivity contribution is 0.0515. The second-order valence-corrected chi connectivity index (χ2v) is 6.35. The number of aromatic nitrogens is 2. The molecule has 1 aromatic heterocycles. The Morgan fingerprint density at radius 1 is 1.19 bits per heavy atom. The van der Waals surface area contributed by atoms with Crippen LogP contribution >= 0.6 is 23.2 Å². The van der Waals surface area contributed by atoms with E-state index in [0.717, 1.165) is 0 Å². The number of halogens is 2. The van der Waals surface area contributed by atoms with E-state index >= 15 is 0 Å². The van der Waals surface area contributed by atoms with Gasteiger partial charge in [0, 0.05) is 23.0 Å². The zero-order chi connectivity index (χ0) is 19.2. The molecule has 0 bridgehead atoms. The number of imidazole rings is 1. The number of carbonyl (C=O) groups excluding carboxylic acids is 1. The summed E-state index contributed by atoms with van der Waals surface area (Å²) in [5.74, 6) is 0.0506. The SMILES string of the molecule is COc1ccc(C(=O)O/N=C(\Cn2ccnc2)c2ccc(Cl)cc2Cl)cc1. The summed E-state index contributed by atoms with van der Waals surface area (Å²) in [6.45, 7) is 0.317. The standard InChI is InChI=1S/C19H15Cl2N3O3/c1-26-15-5-2-13(3-6-15)19(25)27-23-18(11-24-9-8-22-12-24)16-7-4-14(20)10-17(16)21/h2-10,12H,11H2,1H3/b23-18+. The highest BCUT2D eigenvalue weighted by molar-refractivity contribution is 6.37. The molecule has 6 nitrogen and oxygen atoms in total. The van der Waals surface area contributed by atoms with Gasteiger partial charge in [-0.1, -0.05) is 28.4 Å². The van der Waals surface area contributed by atoms with Gasteiger partial charge in [0.15, 0.2) is 0 Å². The predicted octanol–water partition coefficient (Wildman–Crippen LogP) is 4.46. The van der Waals surface area contributed by atoms with E-state index in [1.165, 1.54) is 0 Å². The van der Waals surface area contributed by atoms with E-state index in [9.17, 15) is 4.79 Å². The normalized spacial score (nSPS) is 11.3. The molecule has 0 aliphatic carbocycles. The minimum atomic E-state index is -0.592. The largest absolute Gasteiger partial charge is 0.497 e. The van der Waals surface area contributed by atoms with Gasteiger partial charge in [0.1, 0.15) is 11.5 Å². The number of methoxy groups -OCH3 is 1. The molecule has 3 aromatic rings. The Balaban J connectivity index is 1.85. The molecule has 0 aliphatic heterocycles. The van der Waals surface area contributed by atoms with Gasteiger partial charge in [0.2, 0.25) is 0 Å². The molecule has 0 spiro atoms. The van der Waals surface area contributed by atoms with Gasteiger partial charge < -0.3 is 14.1 Å². The fourth-order valence-corrected chi connectivity index (χ4v) is 2.83. The number of hydrogen-bond donors (Lipinski definition) is 0. The average Bonchev–Trinajstić information content (AvgIpc) is 3.18. The first-order chi connectivity index (χ1) is 13.1. The van der Waals surface area contributed by atoms with Crippen LogP contribution in [0.1, 0.15) is 15.9 Å².